The van der Waals surface area contributed by atoms with Crippen molar-refractivity contribution in [3.63, 3.8) is 0 Å². The lowest BCUT2D eigenvalue weighted by Crippen LogP contribution is -2.13. The van der Waals surface area contributed by atoms with Gasteiger partial charge >= 0.3 is 0 Å². The molecule has 2 heterocycles. The number of rotatable bonds is 6. The van der Waals surface area contributed by atoms with Crippen LogP contribution in [0.5, 0.6) is 5.75 Å². The van der Waals surface area contributed by atoms with Gasteiger partial charge in [-0.05, 0) is 24.3 Å². The molecule has 7 nitrogen and oxygen atoms in total. The van der Waals surface area contributed by atoms with Crippen LogP contribution in [-0.4, -0.2) is 38.9 Å². The summed E-state index contributed by atoms with van der Waals surface area (Å²) < 4.78 is 5.34. The van der Waals surface area contributed by atoms with Crippen molar-refractivity contribution in [3.05, 3.63) is 48.5 Å². The molecule has 1 amide bonds. The molecule has 2 aromatic carbocycles. The van der Waals surface area contributed by atoms with E-state index in [1.165, 1.54) is 23.1 Å². The smallest absolute Gasteiger partial charge is 0.236 e. The van der Waals surface area contributed by atoms with E-state index in [1.54, 1.807) is 7.11 Å². The standard InChI is InChI=1S/C18H15N5O2S2/c1-25-14-9-5-2-6-11(14)16-22-23-18(27-16)21-15(24)10-26-17-19-12-7-3-4-8-13(12)20-17/h2-9H,10H2,1H3,(H,19,20)(H,21,23,24). The van der Waals surface area contributed by atoms with E-state index in [0.717, 1.165) is 16.6 Å². The number of carbonyl (C=O) groups is 1. The predicted octanol–water partition coefficient (Wildman–Crippen LogP) is 3.82. The summed E-state index contributed by atoms with van der Waals surface area (Å²) in [6.07, 6.45) is 0. The van der Waals surface area contributed by atoms with Gasteiger partial charge in [0.1, 0.15) is 5.75 Å². The number of imidazole rings is 1. The number of aromatic nitrogens is 4. The van der Waals surface area contributed by atoms with Crippen molar-refractivity contribution in [1.29, 1.82) is 0 Å². The van der Waals surface area contributed by atoms with Gasteiger partial charge in [-0.25, -0.2) is 4.98 Å². The molecule has 0 bridgehead atoms. The molecule has 0 atom stereocenters. The van der Waals surface area contributed by atoms with E-state index < -0.39 is 0 Å². The fraction of sp³-hybridized carbons (Fsp3) is 0.111. The van der Waals surface area contributed by atoms with Gasteiger partial charge in [-0.3, -0.25) is 10.1 Å². The van der Waals surface area contributed by atoms with E-state index in [4.69, 9.17) is 4.74 Å². The second kappa shape index (κ2) is 7.77. The third-order valence-corrected chi connectivity index (χ3v) is 5.46. The van der Waals surface area contributed by atoms with Gasteiger partial charge in [-0.1, -0.05) is 47.4 Å². The first-order valence-corrected chi connectivity index (χ1v) is 9.87. The molecular formula is C18H15N5O2S2. The molecule has 0 fully saturated rings. The lowest BCUT2D eigenvalue weighted by Gasteiger charge is -2.03. The van der Waals surface area contributed by atoms with E-state index in [9.17, 15) is 4.79 Å². The Morgan fingerprint density at radius 2 is 2.00 bits per heavy atom. The Morgan fingerprint density at radius 1 is 1.19 bits per heavy atom. The Kier molecular flexibility index (Phi) is 5.03. The van der Waals surface area contributed by atoms with Crippen LogP contribution in [0.3, 0.4) is 0 Å². The number of benzene rings is 2. The number of hydrogen-bond donors (Lipinski definition) is 2. The van der Waals surface area contributed by atoms with Crippen LogP contribution in [0.25, 0.3) is 21.6 Å². The summed E-state index contributed by atoms with van der Waals surface area (Å²) in [6, 6.07) is 15.3. The van der Waals surface area contributed by atoms with Gasteiger partial charge in [0, 0.05) is 0 Å². The van der Waals surface area contributed by atoms with Crippen LogP contribution in [0, 0.1) is 0 Å². The molecule has 4 aromatic rings. The van der Waals surface area contributed by atoms with Crippen LogP contribution in [0.15, 0.2) is 53.7 Å². The quantitative estimate of drug-likeness (QED) is 0.481. The predicted molar refractivity (Wildman–Crippen MR) is 107 cm³/mol. The Bertz CT molecular complexity index is 1060. The minimum atomic E-state index is -0.164. The number of amides is 1. The number of ether oxygens (including phenoxy) is 1. The van der Waals surface area contributed by atoms with Crippen molar-refractivity contribution >= 4 is 45.2 Å². The number of hydrogen-bond acceptors (Lipinski definition) is 7. The second-order valence-corrected chi connectivity index (χ2v) is 7.45. The van der Waals surface area contributed by atoms with Crippen molar-refractivity contribution in [1.82, 2.24) is 20.2 Å². The van der Waals surface area contributed by atoms with Crippen LogP contribution in [-0.2, 0) is 4.79 Å². The number of anilines is 1. The lowest BCUT2D eigenvalue weighted by atomic mass is 10.2. The molecule has 136 valence electrons. The Balaban J connectivity index is 1.39. The van der Waals surface area contributed by atoms with E-state index in [-0.39, 0.29) is 11.7 Å². The number of H-pyrrole nitrogens is 1. The third-order valence-electron chi connectivity index (χ3n) is 3.72. The lowest BCUT2D eigenvalue weighted by molar-refractivity contribution is -0.113. The first kappa shape index (κ1) is 17.5. The van der Waals surface area contributed by atoms with Crippen LogP contribution in [0.4, 0.5) is 5.13 Å². The number of methoxy groups -OCH3 is 1. The number of thioether (sulfide) groups is 1. The Hall–Kier alpha value is -2.91. The monoisotopic (exact) mass is 397 g/mol. The maximum absolute atomic E-state index is 12.2. The maximum atomic E-state index is 12.2. The average Bonchev–Trinajstić information content (AvgIpc) is 3.32. The molecule has 0 saturated heterocycles. The molecule has 2 aromatic heterocycles. The van der Waals surface area contributed by atoms with E-state index in [0.29, 0.717) is 21.0 Å². The number of aromatic amines is 1. The fourth-order valence-electron chi connectivity index (χ4n) is 2.49. The first-order valence-electron chi connectivity index (χ1n) is 8.07. The minimum Gasteiger partial charge on any atom is -0.496 e. The minimum absolute atomic E-state index is 0.164. The highest BCUT2D eigenvalue weighted by atomic mass is 32.2. The summed E-state index contributed by atoms with van der Waals surface area (Å²) in [7, 11) is 1.61. The molecule has 9 heteroatoms. The van der Waals surface area contributed by atoms with Crippen molar-refractivity contribution < 1.29 is 9.53 Å². The molecule has 0 aliphatic carbocycles. The molecule has 0 unspecified atom stereocenters. The summed E-state index contributed by atoms with van der Waals surface area (Å²) >= 11 is 2.64. The molecule has 0 aliphatic heterocycles. The van der Waals surface area contributed by atoms with Crippen LogP contribution in [0.2, 0.25) is 0 Å². The topological polar surface area (TPSA) is 92.8 Å². The Labute approximate surface area is 163 Å². The number of para-hydroxylation sites is 3. The summed E-state index contributed by atoms with van der Waals surface area (Å²) in [5.74, 6) is 0.777. The highest BCUT2D eigenvalue weighted by Gasteiger charge is 2.13. The van der Waals surface area contributed by atoms with E-state index in [2.05, 4.69) is 25.5 Å². The summed E-state index contributed by atoms with van der Waals surface area (Å²) in [6.45, 7) is 0. The van der Waals surface area contributed by atoms with Gasteiger partial charge in [0.05, 0.1) is 29.5 Å². The molecule has 4 rings (SSSR count). The van der Waals surface area contributed by atoms with E-state index in [1.807, 2.05) is 48.5 Å². The van der Waals surface area contributed by atoms with Crippen molar-refractivity contribution in [2.75, 3.05) is 18.2 Å². The van der Waals surface area contributed by atoms with Gasteiger partial charge in [0.25, 0.3) is 0 Å². The van der Waals surface area contributed by atoms with Gasteiger partial charge in [-0.15, -0.1) is 10.2 Å². The zero-order chi connectivity index (χ0) is 18.6. The molecule has 0 spiro atoms. The molecule has 0 radical (unpaired) electrons. The normalized spacial score (nSPS) is 10.9. The summed E-state index contributed by atoms with van der Waals surface area (Å²) in [5, 5.41) is 12.8. The van der Waals surface area contributed by atoms with Crippen LogP contribution < -0.4 is 10.1 Å². The average molecular weight is 397 g/mol. The highest BCUT2D eigenvalue weighted by molar-refractivity contribution is 7.99. The molecular weight excluding hydrogens is 382 g/mol. The number of nitrogens with one attached hydrogen (secondary N) is 2. The van der Waals surface area contributed by atoms with Gasteiger partial charge in [-0.2, -0.15) is 0 Å². The van der Waals surface area contributed by atoms with Crippen molar-refractivity contribution in [2.45, 2.75) is 5.16 Å². The zero-order valence-electron chi connectivity index (χ0n) is 14.3. The van der Waals surface area contributed by atoms with Crippen molar-refractivity contribution in [2.24, 2.45) is 0 Å². The van der Waals surface area contributed by atoms with Crippen molar-refractivity contribution in [3.8, 4) is 16.3 Å². The molecule has 2 N–H and O–H groups in total. The summed E-state index contributed by atoms with van der Waals surface area (Å²) in [4.78, 5) is 19.8. The third kappa shape index (κ3) is 3.93. The second-order valence-electron chi connectivity index (χ2n) is 5.51. The van der Waals surface area contributed by atoms with Gasteiger partial charge in [0.2, 0.25) is 11.0 Å². The highest BCUT2D eigenvalue weighted by Crippen LogP contribution is 2.33. The fourth-order valence-corrected chi connectivity index (χ4v) is 3.97. The van der Waals surface area contributed by atoms with E-state index >= 15 is 0 Å². The Morgan fingerprint density at radius 3 is 2.85 bits per heavy atom. The van der Waals surface area contributed by atoms with Gasteiger partial charge in [0.15, 0.2) is 10.2 Å². The SMILES string of the molecule is COc1ccccc1-c1nnc(NC(=O)CSc2nc3ccccc3[nH]2)s1. The molecule has 0 aliphatic rings. The number of carbonyl (C=O) groups excluding carboxylic acids is 1. The first-order chi connectivity index (χ1) is 13.2. The largest absolute Gasteiger partial charge is 0.496 e. The number of fused-ring (bicyclic) bond motifs is 1. The maximum Gasteiger partial charge on any atom is 0.236 e. The van der Waals surface area contributed by atoms with Crippen LogP contribution in [0.1, 0.15) is 0 Å². The molecule has 0 saturated carbocycles. The van der Waals surface area contributed by atoms with Crippen LogP contribution >= 0.6 is 23.1 Å². The molecule has 27 heavy (non-hydrogen) atoms. The summed E-state index contributed by atoms with van der Waals surface area (Å²) in [5.41, 5.74) is 2.67. The zero-order valence-corrected chi connectivity index (χ0v) is 15.9. The number of nitrogens with zero attached hydrogens (tertiary/aromatic N) is 3. The van der Waals surface area contributed by atoms with Gasteiger partial charge < -0.3 is 9.72 Å².